The topological polar surface area (TPSA) is 51.1 Å². The maximum atomic E-state index is 12.5. The quantitative estimate of drug-likeness (QED) is 0.388. The fraction of sp³-hybridized carbons (Fsp3) is 0.286. The van der Waals surface area contributed by atoms with E-state index in [-0.39, 0.29) is 12.2 Å². The van der Waals surface area contributed by atoms with Crippen LogP contribution in [0.4, 0.5) is 10.5 Å². The monoisotopic (exact) mass is 476 g/mol. The second kappa shape index (κ2) is 10.4. The first-order chi connectivity index (χ1) is 16.3. The van der Waals surface area contributed by atoms with Crippen molar-refractivity contribution in [2.45, 2.75) is 32.5 Å². The Morgan fingerprint density at radius 3 is 2.18 bits per heavy atom. The Labute approximate surface area is 206 Å². The van der Waals surface area contributed by atoms with Gasteiger partial charge in [-0.3, -0.25) is 0 Å². The Morgan fingerprint density at radius 1 is 1.00 bits per heavy atom. The van der Waals surface area contributed by atoms with Crippen LogP contribution < -0.4 is 0 Å². The Morgan fingerprint density at radius 2 is 1.62 bits per heavy atom. The third kappa shape index (κ3) is 6.04. The fourth-order valence-electron chi connectivity index (χ4n) is 3.79. The number of carbonyl (C=O) groups excluding carboxylic acids is 1. The van der Waals surface area contributed by atoms with Gasteiger partial charge in [0.15, 0.2) is 0 Å². The van der Waals surface area contributed by atoms with Crippen molar-refractivity contribution in [2.24, 2.45) is 4.99 Å². The minimum absolute atomic E-state index is 0.325. The second-order valence-corrected chi connectivity index (χ2v) is 9.59. The maximum absolute atomic E-state index is 12.5. The molecule has 0 aromatic heterocycles. The summed E-state index contributed by atoms with van der Waals surface area (Å²) in [5, 5.41) is 0.553. The normalized spacial score (nSPS) is 16.1. The molecule has 4 rings (SSSR count). The van der Waals surface area contributed by atoms with Crippen molar-refractivity contribution in [1.29, 1.82) is 0 Å². The Bertz CT molecular complexity index is 1120. The molecule has 1 aliphatic rings. The van der Waals surface area contributed by atoms with E-state index in [1.54, 1.807) is 4.90 Å². The molecule has 176 valence electrons. The number of hydrogen-bond acceptors (Lipinski definition) is 4. The minimum Gasteiger partial charge on any atom is -0.444 e. The Hall–Kier alpha value is -3.15. The molecular weight excluding hydrogens is 448 g/mol. The van der Waals surface area contributed by atoms with Gasteiger partial charge < -0.3 is 14.4 Å². The van der Waals surface area contributed by atoms with Crippen molar-refractivity contribution >= 4 is 29.1 Å². The summed E-state index contributed by atoms with van der Waals surface area (Å²) in [6.07, 6.45) is -0.664. The summed E-state index contributed by atoms with van der Waals surface area (Å²) in [4.78, 5) is 19.1. The van der Waals surface area contributed by atoms with Crippen LogP contribution in [0.2, 0.25) is 5.02 Å². The first-order valence-electron chi connectivity index (χ1n) is 11.4. The van der Waals surface area contributed by atoms with Gasteiger partial charge in [-0.25, -0.2) is 9.79 Å². The molecule has 1 unspecified atom stereocenters. The number of hydrogen-bond donors (Lipinski definition) is 0. The van der Waals surface area contributed by atoms with Crippen molar-refractivity contribution in [3.05, 3.63) is 101 Å². The molecule has 1 amide bonds. The number of nitrogens with zero attached hydrogens (tertiary/aromatic N) is 2. The highest BCUT2D eigenvalue weighted by Crippen LogP contribution is 2.32. The van der Waals surface area contributed by atoms with Gasteiger partial charge in [-0.1, -0.05) is 78.3 Å². The van der Waals surface area contributed by atoms with E-state index in [0.717, 1.165) is 28.1 Å². The highest BCUT2D eigenvalue weighted by molar-refractivity contribution is 6.31. The molecule has 0 aliphatic carbocycles. The van der Waals surface area contributed by atoms with Gasteiger partial charge >= 0.3 is 6.09 Å². The van der Waals surface area contributed by atoms with E-state index in [0.29, 0.717) is 24.7 Å². The van der Waals surface area contributed by atoms with Crippen molar-refractivity contribution in [1.82, 2.24) is 4.90 Å². The third-order valence-electron chi connectivity index (χ3n) is 5.38. The molecule has 1 fully saturated rings. The molecule has 5 nitrogen and oxygen atoms in total. The number of carbonyl (C=O) groups is 1. The summed E-state index contributed by atoms with van der Waals surface area (Å²) in [7, 11) is 0. The van der Waals surface area contributed by atoms with Crippen LogP contribution >= 0.6 is 11.6 Å². The maximum Gasteiger partial charge on any atom is 0.410 e. The van der Waals surface area contributed by atoms with Gasteiger partial charge in [0.05, 0.1) is 24.6 Å². The van der Waals surface area contributed by atoms with Gasteiger partial charge in [0.25, 0.3) is 0 Å². The molecule has 3 aromatic rings. The fourth-order valence-corrected chi connectivity index (χ4v) is 4.09. The Balaban J connectivity index is 1.59. The molecule has 1 saturated heterocycles. The van der Waals surface area contributed by atoms with Crippen LogP contribution in [0.5, 0.6) is 0 Å². The van der Waals surface area contributed by atoms with Crippen LogP contribution in [0.25, 0.3) is 0 Å². The van der Waals surface area contributed by atoms with Gasteiger partial charge in [0.2, 0.25) is 0 Å². The zero-order chi connectivity index (χ0) is 24.1. The van der Waals surface area contributed by atoms with E-state index in [9.17, 15) is 4.79 Å². The highest BCUT2D eigenvalue weighted by atomic mass is 35.5. The molecule has 0 radical (unpaired) electrons. The van der Waals surface area contributed by atoms with E-state index in [4.69, 9.17) is 26.1 Å². The van der Waals surface area contributed by atoms with E-state index in [2.05, 4.69) is 0 Å². The number of ether oxygens (including phenoxy) is 2. The van der Waals surface area contributed by atoms with Gasteiger partial charge in [-0.05, 0) is 32.9 Å². The van der Waals surface area contributed by atoms with Crippen molar-refractivity contribution in [3.8, 4) is 0 Å². The van der Waals surface area contributed by atoms with Crippen molar-refractivity contribution < 1.29 is 14.3 Å². The molecule has 0 bridgehead atoms. The van der Waals surface area contributed by atoms with E-state index >= 15 is 0 Å². The van der Waals surface area contributed by atoms with Crippen molar-refractivity contribution in [2.75, 3.05) is 19.7 Å². The lowest BCUT2D eigenvalue weighted by atomic mass is 10.0. The average Bonchev–Trinajstić information content (AvgIpc) is 2.83. The predicted molar refractivity (Wildman–Crippen MR) is 136 cm³/mol. The number of halogens is 1. The molecule has 0 spiro atoms. The summed E-state index contributed by atoms with van der Waals surface area (Å²) in [5.41, 5.74) is 3.95. The first-order valence-corrected chi connectivity index (χ1v) is 11.8. The Kier molecular flexibility index (Phi) is 7.35. The zero-order valence-electron chi connectivity index (χ0n) is 19.7. The third-order valence-corrected chi connectivity index (χ3v) is 5.71. The number of morpholine rings is 1. The zero-order valence-corrected chi connectivity index (χ0v) is 20.5. The van der Waals surface area contributed by atoms with Gasteiger partial charge in [0, 0.05) is 28.3 Å². The standard InChI is InChI=1S/C28H29ClN2O3/c1-28(2,3)34-27(32)31-16-17-33-25(19-31)23-15-14-22(18-24(23)29)30-26(20-10-6-4-7-11-20)21-12-8-5-9-13-21/h4-15,18,25H,16-17,19H2,1-3H3. The van der Waals surface area contributed by atoms with Gasteiger partial charge in [-0.15, -0.1) is 0 Å². The van der Waals surface area contributed by atoms with Gasteiger partial charge in [-0.2, -0.15) is 0 Å². The summed E-state index contributed by atoms with van der Waals surface area (Å²) in [6, 6.07) is 25.9. The smallest absolute Gasteiger partial charge is 0.410 e. The predicted octanol–water partition coefficient (Wildman–Crippen LogP) is 6.82. The second-order valence-electron chi connectivity index (χ2n) is 9.18. The van der Waals surface area contributed by atoms with Crippen LogP contribution in [0.15, 0.2) is 83.9 Å². The molecular formula is C28H29ClN2O3. The van der Waals surface area contributed by atoms with Crippen LogP contribution in [0.1, 0.15) is 43.6 Å². The SMILES string of the molecule is CC(C)(C)OC(=O)N1CCOC(c2ccc(N=C(c3ccccc3)c3ccccc3)cc2Cl)C1. The number of rotatable bonds is 4. The number of benzene rings is 3. The van der Waals surface area contributed by atoms with E-state index in [1.165, 1.54) is 0 Å². The lowest BCUT2D eigenvalue weighted by molar-refractivity contribution is -0.0432. The average molecular weight is 477 g/mol. The first kappa shape index (κ1) is 24.0. The number of aliphatic imine (C=N–C) groups is 1. The van der Waals surface area contributed by atoms with Crippen LogP contribution in [-0.4, -0.2) is 42.0 Å². The van der Waals surface area contributed by atoms with Crippen LogP contribution in [0.3, 0.4) is 0 Å². The molecule has 0 saturated carbocycles. The molecule has 34 heavy (non-hydrogen) atoms. The summed E-state index contributed by atoms with van der Waals surface area (Å²) < 4.78 is 11.5. The molecule has 0 N–H and O–H groups in total. The lowest BCUT2D eigenvalue weighted by Crippen LogP contribution is -2.44. The largest absolute Gasteiger partial charge is 0.444 e. The minimum atomic E-state index is -0.544. The molecule has 1 aliphatic heterocycles. The van der Waals surface area contributed by atoms with E-state index in [1.807, 2.05) is 99.6 Å². The summed E-state index contributed by atoms with van der Waals surface area (Å²) in [5.74, 6) is 0. The van der Waals surface area contributed by atoms with Gasteiger partial charge in [0.1, 0.15) is 11.7 Å². The van der Waals surface area contributed by atoms with Crippen molar-refractivity contribution in [3.63, 3.8) is 0 Å². The molecule has 1 heterocycles. The van der Waals surface area contributed by atoms with E-state index < -0.39 is 5.60 Å². The summed E-state index contributed by atoms with van der Waals surface area (Å²) >= 11 is 6.69. The highest BCUT2D eigenvalue weighted by Gasteiger charge is 2.30. The lowest BCUT2D eigenvalue weighted by Gasteiger charge is -2.34. The molecule has 1 atom stereocenters. The number of amides is 1. The molecule has 6 heteroatoms. The summed E-state index contributed by atoms with van der Waals surface area (Å²) in [6.45, 7) is 6.88. The van der Waals surface area contributed by atoms with Crippen LogP contribution in [-0.2, 0) is 9.47 Å². The van der Waals surface area contributed by atoms with Crippen LogP contribution in [0, 0.1) is 0 Å². The molecule has 3 aromatic carbocycles.